The molecule has 0 spiro atoms. The van der Waals surface area contributed by atoms with Crippen LogP contribution >= 0.6 is 0 Å². The Hall–Kier alpha value is -1.24. The van der Waals surface area contributed by atoms with Gasteiger partial charge in [-0.1, -0.05) is 24.8 Å². The molecule has 1 heteroatoms. The van der Waals surface area contributed by atoms with Crippen LogP contribution in [0.25, 0.3) is 6.08 Å². The molecule has 1 radical (unpaired) electrons. The highest BCUT2D eigenvalue weighted by Crippen LogP contribution is 2.10. The van der Waals surface area contributed by atoms with Crippen molar-refractivity contribution in [2.45, 2.75) is 0 Å². The highest BCUT2D eigenvalue weighted by atomic mass is 16.3. The maximum absolute atomic E-state index is 10.5. The van der Waals surface area contributed by atoms with E-state index in [0.29, 0.717) is 0 Å². The number of hydrogen-bond donors (Lipinski definition) is 0. The average Bonchev–Trinajstić information content (AvgIpc) is 1.90. The molecule has 0 fully saturated rings. The van der Waals surface area contributed by atoms with Crippen molar-refractivity contribution in [2.24, 2.45) is 0 Å². The van der Waals surface area contributed by atoms with Gasteiger partial charge in [0.15, 0.2) is 5.75 Å². The third-order valence-corrected chi connectivity index (χ3v) is 1.12. The first-order valence-electron chi connectivity index (χ1n) is 2.72. The molecule has 9 heavy (non-hydrogen) atoms. The lowest BCUT2D eigenvalue weighted by atomic mass is 10.2. The minimum atomic E-state index is 0.0422. The number of benzene rings is 1. The van der Waals surface area contributed by atoms with E-state index in [1.807, 2.05) is 0 Å². The molecule has 0 aromatic heterocycles. The predicted molar refractivity (Wildman–Crippen MR) is 36.7 cm³/mol. The van der Waals surface area contributed by atoms with Crippen molar-refractivity contribution in [3.8, 4) is 5.75 Å². The van der Waals surface area contributed by atoms with Gasteiger partial charge in [-0.3, -0.25) is 5.11 Å². The third kappa shape index (κ3) is 1.32. The standard InChI is InChI=1S/C8H7O/c1-2-7-3-5-8(9)6-4-7/h2-6H,1H2. The van der Waals surface area contributed by atoms with E-state index >= 15 is 0 Å². The van der Waals surface area contributed by atoms with Crippen LogP contribution in [0, 0.1) is 0 Å². The van der Waals surface area contributed by atoms with Gasteiger partial charge in [-0.15, -0.1) is 0 Å². The summed E-state index contributed by atoms with van der Waals surface area (Å²) in [4.78, 5) is 0. The zero-order chi connectivity index (χ0) is 6.69. The van der Waals surface area contributed by atoms with Crippen molar-refractivity contribution >= 4 is 6.08 Å². The fourth-order valence-corrected chi connectivity index (χ4v) is 0.604. The summed E-state index contributed by atoms with van der Waals surface area (Å²) in [5, 5.41) is 10.5. The summed E-state index contributed by atoms with van der Waals surface area (Å²) in [5.74, 6) is 0.0422. The molecule has 1 rings (SSSR count). The monoisotopic (exact) mass is 119 g/mol. The minimum Gasteiger partial charge on any atom is -0.290 e. The summed E-state index contributed by atoms with van der Waals surface area (Å²) in [6.45, 7) is 3.56. The van der Waals surface area contributed by atoms with Crippen LogP contribution in [0.5, 0.6) is 5.75 Å². The molecule has 0 amide bonds. The molecule has 0 saturated heterocycles. The van der Waals surface area contributed by atoms with Gasteiger partial charge in [0.2, 0.25) is 0 Å². The summed E-state index contributed by atoms with van der Waals surface area (Å²) in [7, 11) is 0. The lowest BCUT2D eigenvalue weighted by Gasteiger charge is -1.88. The van der Waals surface area contributed by atoms with Crippen molar-refractivity contribution in [3.05, 3.63) is 36.4 Å². The lowest BCUT2D eigenvalue weighted by molar-refractivity contribution is 0.355. The molecular formula is C8H7O. The average molecular weight is 119 g/mol. The summed E-state index contributed by atoms with van der Waals surface area (Å²) < 4.78 is 0. The Bertz CT molecular complexity index is 198. The SMILES string of the molecule is C=Cc1ccc([O])cc1. The van der Waals surface area contributed by atoms with E-state index in [1.165, 1.54) is 12.1 Å². The van der Waals surface area contributed by atoms with Gasteiger partial charge >= 0.3 is 0 Å². The number of hydrogen-bond acceptors (Lipinski definition) is 0. The minimum absolute atomic E-state index is 0.0422. The Morgan fingerprint density at radius 3 is 2.22 bits per heavy atom. The number of rotatable bonds is 1. The van der Waals surface area contributed by atoms with Crippen molar-refractivity contribution < 1.29 is 5.11 Å². The molecule has 0 aliphatic carbocycles. The van der Waals surface area contributed by atoms with E-state index in [9.17, 15) is 5.11 Å². The second-order valence-corrected chi connectivity index (χ2v) is 1.77. The van der Waals surface area contributed by atoms with Crippen LogP contribution in [0.3, 0.4) is 0 Å². The lowest BCUT2D eigenvalue weighted by Crippen LogP contribution is -1.66. The van der Waals surface area contributed by atoms with Crippen LogP contribution in [-0.4, -0.2) is 0 Å². The quantitative estimate of drug-likeness (QED) is 0.541. The summed E-state index contributed by atoms with van der Waals surface area (Å²) >= 11 is 0. The zero-order valence-electron chi connectivity index (χ0n) is 5.00. The van der Waals surface area contributed by atoms with Crippen LogP contribution in [0.2, 0.25) is 0 Å². The first-order chi connectivity index (χ1) is 4.33. The first kappa shape index (κ1) is 5.89. The molecule has 0 unspecified atom stereocenters. The molecular weight excluding hydrogens is 112 g/mol. The van der Waals surface area contributed by atoms with Gasteiger partial charge in [0.05, 0.1) is 0 Å². The molecule has 1 aromatic carbocycles. The van der Waals surface area contributed by atoms with Crippen LogP contribution in [-0.2, 0) is 5.11 Å². The van der Waals surface area contributed by atoms with Gasteiger partial charge in [-0.25, -0.2) is 0 Å². The molecule has 0 saturated carbocycles. The van der Waals surface area contributed by atoms with Crippen molar-refractivity contribution in [1.82, 2.24) is 0 Å². The summed E-state index contributed by atoms with van der Waals surface area (Å²) in [5.41, 5.74) is 0.981. The van der Waals surface area contributed by atoms with Gasteiger partial charge in [-0.2, -0.15) is 0 Å². The third-order valence-electron chi connectivity index (χ3n) is 1.12. The van der Waals surface area contributed by atoms with Gasteiger partial charge in [0.25, 0.3) is 0 Å². The van der Waals surface area contributed by atoms with Crippen molar-refractivity contribution in [2.75, 3.05) is 0 Å². The van der Waals surface area contributed by atoms with E-state index in [1.54, 1.807) is 18.2 Å². The molecule has 0 N–H and O–H groups in total. The fraction of sp³-hybridized carbons (Fsp3) is 0. The topological polar surface area (TPSA) is 19.9 Å². The Balaban J connectivity index is 3.01. The first-order valence-corrected chi connectivity index (χ1v) is 2.72. The molecule has 45 valence electrons. The molecule has 0 atom stereocenters. The van der Waals surface area contributed by atoms with E-state index in [4.69, 9.17) is 0 Å². The second-order valence-electron chi connectivity index (χ2n) is 1.77. The van der Waals surface area contributed by atoms with Crippen molar-refractivity contribution in [3.63, 3.8) is 0 Å². The molecule has 0 bridgehead atoms. The molecule has 0 aliphatic rings. The molecule has 0 aliphatic heterocycles. The smallest absolute Gasteiger partial charge is 0.178 e. The van der Waals surface area contributed by atoms with E-state index < -0.39 is 0 Å². The van der Waals surface area contributed by atoms with E-state index in [2.05, 4.69) is 6.58 Å². The summed E-state index contributed by atoms with van der Waals surface area (Å²) in [6, 6.07) is 6.54. The highest BCUT2D eigenvalue weighted by Gasteiger charge is 1.86. The van der Waals surface area contributed by atoms with Gasteiger partial charge < -0.3 is 0 Å². The Morgan fingerprint density at radius 1 is 1.22 bits per heavy atom. The Kier molecular flexibility index (Phi) is 1.54. The highest BCUT2D eigenvalue weighted by molar-refractivity contribution is 5.47. The van der Waals surface area contributed by atoms with Crippen molar-refractivity contribution in [1.29, 1.82) is 0 Å². The maximum atomic E-state index is 10.5. The van der Waals surface area contributed by atoms with Crippen LogP contribution in [0.1, 0.15) is 5.56 Å². The largest absolute Gasteiger partial charge is 0.290 e. The maximum Gasteiger partial charge on any atom is 0.178 e. The predicted octanol–water partition coefficient (Wildman–Crippen LogP) is 2.47. The Labute approximate surface area is 54.3 Å². The van der Waals surface area contributed by atoms with Gasteiger partial charge in [-0.05, 0) is 17.7 Å². The van der Waals surface area contributed by atoms with Gasteiger partial charge in [0.1, 0.15) is 0 Å². The molecule has 0 heterocycles. The fourth-order valence-electron chi connectivity index (χ4n) is 0.604. The molecule has 1 nitrogen and oxygen atoms in total. The zero-order valence-corrected chi connectivity index (χ0v) is 5.00. The van der Waals surface area contributed by atoms with E-state index in [0.717, 1.165) is 5.56 Å². The van der Waals surface area contributed by atoms with E-state index in [-0.39, 0.29) is 5.75 Å². The van der Waals surface area contributed by atoms with Crippen LogP contribution in [0.15, 0.2) is 30.8 Å². The Morgan fingerprint density at radius 2 is 1.78 bits per heavy atom. The normalized spacial score (nSPS) is 8.89. The summed E-state index contributed by atoms with van der Waals surface area (Å²) in [6.07, 6.45) is 1.71. The second kappa shape index (κ2) is 2.35. The van der Waals surface area contributed by atoms with Crippen LogP contribution < -0.4 is 0 Å². The molecule has 1 aromatic rings. The van der Waals surface area contributed by atoms with Crippen LogP contribution in [0.4, 0.5) is 0 Å². The van der Waals surface area contributed by atoms with Gasteiger partial charge in [0, 0.05) is 0 Å².